The molecule has 0 saturated carbocycles. The molecule has 0 spiro atoms. The summed E-state index contributed by atoms with van der Waals surface area (Å²) in [4.78, 5) is 21.0. The van der Waals surface area contributed by atoms with Crippen molar-refractivity contribution in [2.24, 2.45) is 0 Å². The average molecular weight is 422 g/mol. The van der Waals surface area contributed by atoms with Gasteiger partial charge >= 0.3 is 5.97 Å². The molecule has 1 saturated heterocycles. The summed E-state index contributed by atoms with van der Waals surface area (Å²) in [6, 6.07) is 14.0. The lowest BCUT2D eigenvalue weighted by atomic mass is 10.1. The molecule has 3 aromatic rings. The summed E-state index contributed by atoms with van der Waals surface area (Å²) in [5.74, 6) is 0.296. The molecule has 2 N–H and O–H groups in total. The van der Waals surface area contributed by atoms with E-state index in [9.17, 15) is 4.79 Å². The molecule has 7 heteroatoms. The van der Waals surface area contributed by atoms with Gasteiger partial charge in [0.25, 0.3) is 0 Å². The molecule has 1 fully saturated rings. The third-order valence-electron chi connectivity index (χ3n) is 5.69. The number of pyridine rings is 1. The van der Waals surface area contributed by atoms with Crippen LogP contribution in [0.5, 0.6) is 5.75 Å². The van der Waals surface area contributed by atoms with E-state index in [1.54, 1.807) is 25.1 Å². The Morgan fingerprint density at radius 3 is 2.58 bits per heavy atom. The number of piperazine rings is 1. The normalized spacial score (nSPS) is 14.5. The number of carbonyl (C=O) groups excluding carboxylic acids is 1. The lowest BCUT2D eigenvalue weighted by Crippen LogP contribution is -3.12. The van der Waals surface area contributed by atoms with Crippen molar-refractivity contribution in [2.75, 3.05) is 57.2 Å². The van der Waals surface area contributed by atoms with Crippen LogP contribution < -0.4 is 19.9 Å². The van der Waals surface area contributed by atoms with Gasteiger partial charge in [-0.25, -0.2) is 4.79 Å². The van der Waals surface area contributed by atoms with Gasteiger partial charge in [0.1, 0.15) is 11.3 Å². The van der Waals surface area contributed by atoms with Crippen LogP contribution in [0.4, 0.5) is 17.1 Å². The Hall–Kier alpha value is -3.32. The number of nitrogens with one attached hydrogen (secondary N) is 2. The first-order chi connectivity index (χ1) is 15.1. The Balaban J connectivity index is 1.67. The van der Waals surface area contributed by atoms with Crippen molar-refractivity contribution in [3.63, 3.8) is 0 Å². The second kappa shape index (κ2) is 9.22. The predicted octanol–water partition coefficient (Wildman–Crippen LogP) is 2.50. The maximum atomic E-state index is 12.6. The zero-order chi connectivity index (χ0) is 21.8. The van der Waals surface area contributed by atoms with Crippen molar-refractivity contribution in [1.82, 2.24) is 4.98 Å². The molecule has 0 radical (unpaired) electrons. The molecule has 1 aliphatic rings. The standard InChI is InChI=1S/C24H28N4O3/c1-4-31-24(29)21-16-25-22-10-9-19(30-3)15-20(22)23(21)26-17-5-7-18(8-6-17)28-13-11-27(2)12-14-28/h5-10,15-16H,4,11-14H2,1-3H3,(H,25,26)/p+1. The van der Waals surface area contributed by atoms with E-state index < -0.39 is 5.97 Å². The van der Waals surface area contributed by atoms with Gasteiger partial charge < -0.3 is 24.6 Å². The maximum Gasteiger partial charge on any atom is 0.341 e. The van der Waals surface area contributed by atoms with Crippen LogP contribution in [0.2, 0.25) is 0 Å². The van der Waals surface area contributed by atoms with Crippen LogP contribution in [-0.2, 0) is 4.74 Å². The number of aromatic nitrogens is 1. The van der Waals surface area contributed by atoms with E-state index in [1.165, 1.54) is 5.69 Å². The highest BCUT2D eigenvalue weighted by Crippen LogP contribution is 2.32. The molecular weight excluding hydrogens is 392 g/mol. The molecule has 1 aromatic heterocycles. The van der Waals surface area contributed by atoms with E-state index in [2.05, 4.69) is 34.4 Å². The monoisotopic (exact) mass is 421 g/mol. The Morgan fingerprint density at radius 1 is 1.16 bits per heavy atom. The molecule has 0 bridgehead atoms. The highest BCUT2D eigenvalue weighted by atomic mass is 16.5. The first kappa shape index (κ1) is 20.9. The molecule has 31 heavy (non-hydrogen) atoms. The fourth-order valence-corrected chi connectivity index (χ4v) is 3.84. The van der Waals surface area contributed by atoms with E-state index in [4.69, 9.17) is 9.47 Å². The number of quaternary nitrogens is 1. The molecule has 2 aromatic carbocycles. The fraction of sp³-hybridized carbons (Fsp3) is 0.333. The smallest absolute Gasteiger partial charge is 0.341 e. The van der Waals surface area contributed by atoms with Crippen molar-refractivity contribution in [2.45, 2.75) is 6.92 Å². The summed E-state index contributed by atoms with van der Waals surface area (Å²) in [6.07, 6.45) is 1.57. The van der Waals surface area contributed by atoms with Gasteiger partial charge in [-0.1, -0.05) is 0 Å². The van der Waals surface area contributed by atoms with Crippen molar-refractivity contribution in [1.29, 1.82) is 0 Å². The molecule has 1 aliphatic heterocycles. The summed E-state index contributed by atoms with van der Waals surface area (Å²) in [5, 5.41) is 4.23. The van der Waals surface area contributed by atoms with Crippen LogP contribution in [0, 0.1) is 0 Å². The van der Waals surface area contributed by atoms with Crippen LogP contribution in [-0.4, -0.2) is 57.9 Å². The zero-order valence-electron chi connectivity index (χ0n) is 18.3. The van der Waals surface area contributed by atoms with E-state index in [0.717, 1.165) is 42.8 Å². The Morgan fingerprint density at radius 2 is 1.90 bits per heavy atom. The minimum Gasteiger partial charge on any atom is -0.497 e. The van der Waals surface area contributed by atoms with Gasteiger partial charge in [-0.15, -0.1) is 0 Å². The fourth-order valence-electron chi connectivity index (χ4n) is 3.84. The van der Waals surface area contributed by atoms with Gasteiger partial charge in [0, 0.05) is 23.0 Å². The number of esters is 1. The number of nitrogens with zero attached hydrogens (tertiary/aromatic N) is 2. The summed E-state index contributed by atoms with van der Waals surface area (Å²) in [7, 11) is 3.86. The van der Waals surface area contributed by atoms with Crippen LogP contribution in [0.3, 0.4) is 0 Å². The number of benzene rings is 2. The predicted molar refractivity (Wildman–Crippen MR) is 123 cm³/mol. The van der Waals surface area contributed by atoms with Gasteiger partial charge in [0.15, 0.2) is 0 Å². The van der Waals surface area contributed by atoms with Gasteiger partial charge in [-0.05, 0) is 49.4 Å². The summed E-state index contributed by atoms with van der Waals surface area (Å²) < 4.78 is 10.6. The van der Waals surface area contributed by atoms with Crippen LogP contribution >= 0.6 is 0 Å². The third kappa shape index (κ3) is 4.56. The minimum atomic E-state index is -0.404. The molecule has 162 valence electrons. The van der Waals surface area contributed by atoms with Crippen LogP contribution in [0.15, 0.2) is 48.7 Å². The third-order valence-corrected chi connectivity index (χ3v) is 5.69. The Bertz CT molecular complexity index is 1060. The number of hydrogen-bond acceptors (Lipinski definition) is 6. The molecule has 0 amide bonds. The molecule has 0 aliphatic carbocycles. The number of anilines is 3. The summed E-state index contributed by atoms with van der Waals surface area (Å²) in [5.41, 5.74) is 3.94. The van der Waals surface area contributed by atoms with Gasteiger partial charge in [0.2, 0.25) is 0 Å². The summed E-state index contributed by atoms with van der Waals surface area (Å²) in [6.45, 7) is 6.50. The molecule has 7 nitrogen and oxygen atoms in total. The highest BCUT2D eigenvalue weighted by molar-refractivity contribution is 6.06. The van der Waals surface area contributed by atoms with Crippen molar-refractivity contribution < 1.29 is 19.2 Å². The lowest BCUT2D eigenvalue weighted by molar-refractivity contribution is -0.880. The second-order valence-corrected chi connectivity index (χ2v) is 7.77. The number of rotatable bonds is 6. The zero-order valence-corrected chi connectivity index (χ0v) is 18.3. The van der Waals surface area contributed by atoms with Gasteiger partial charge in [0.05, 0.1) is 58.1 Å². The van der Waals surface area contributed by atoms with Gasteiger partial charge in [-0.2, -0.15) is 0 Å². The van der Waals surface area contributed by atoms with E-state index in [0.29, 0.717) is 23.6 Å². The number of fused-ring (bicyclic) bond motifs is 1. The van der Waals surface area contributed by atoms with Gasteiger partial charge in [-0.3, -0.25) is 4.98 Å². The first-order valence-corrected chi connectivity index (χ1v) is 10.7. The number of likely N-dealkylation sites (N-methyl/N-ethyl adjacent to an activating group) is 1. The van der Waals surface area contributed by atoms with E-state index >= 15 is 0 Å². The molecule has 4 rings (SSSR count). The number of methoxy groups -OCH3 is 1. The largest absolute Gasteiger partial charge is 0.497 e. The maximum absolute atomic E-state index is 12.6. The van der Waals surface area contributed by atoms with Crippen LogP contribution in [0.25, 0.3) is 10.9 Å². The van der Waals surface area contributed by atoms with E-state index in [-0.39, 0.29) is 0 Å². The first-order valence-electron chi connectivity index (χ1n) is 10.7. The highest BCUT2D eigenvalue weighted by Gasteiger charge is 2.19. The average Bonchev–Trinajstić information content (AvgIpc) is 2.80. The Kier molecular flexibility index (Phi) is 6.23. The summed E-state index contributed by atoms with van der Waals surface area (Å²) >= 11 is 0. The van der Waals surface area contributed by atoms with Crippen molar-refractivity contribution >= 4 is 33.9 Å². The number of carbonyl (C=O) groups is 1. The van der Waals surface area contributed by atoms with Crippen LogP contribution in [0.1, 0.15) is 17.3 Å². The van der Waals surface area contributed by atoms with Crippen molar-refractivity contribution in [3.05, 3.63) is 54.2 Å². The SMILES string of the molecule is CCOC(=O)c1cnc2ccc(OC)cc2c1Nc1ccc(N2CC[NH+](C)CC2)cc1. The topological polar surface area (TPSA) is 68.1 Å². The van der Waals surface area contributed by atoms with Crippen molar-refractivity contribution in [3.8, 4) is 5.75 Å². The quantitative estimate of drug-likeness (QED) is 0.596. The second-order valence-electron chi connectivity index (χ2n) is 7.77. The Labute approximate surface area is 182 Å². The minimum absolute atomic E-state index is 0.301. The number of hydrogen-bond donors (Lipinski definition) is 2. The molecule has 0 unspecified atom stereocenters. The molecule has 0 atom stereocenters. The lowest BCUT2D eigenvalue weighted by Gasteiger charge is -2.31. The molecule has 2 heterocycles. The van der Waals surface area contributed by atoms with E-state index in [1.807, 2.05) is 30.3 Å². The molecular formula is C24H29N4O3+. The number of ether oxygens (including phenoxy) is 2.